The number of aliphatic imine (C=N–C) groups is 1. The van der Waals surface area contributed by atoms with Gasteiger partial charge in [0.2, 0.25) is 0 Å². The third-order valence-corrected chi connectivity index (χ3v) is 5.17. The summed E-state index contributed by atoms with van der Waals surface area (Å²) in [5.41, 5.74) is 1.14. The number of benzene rings is 1. The molecule has 1 saturated heterocycles. The van der Waals surface area contributed by atoms with Crippen molar-refractivity contribution in [2.24, 2.45) is 10.9 Å². The maximum atomic E-state index is 11.9. The summed E-state index contributed by atoms with van der Waals surface area (Å²) in [6.07, 6.45) is 1.61. The van der Waals surface area contributed by atoms with Crippen molar-refractivity contribution < 1.29 is 14.3 Å². The number of methoxy groups -OCH3 is 1. The zero-order chi connectivity index (χ0) is 19.9. The van der Waals surface area contributed by atoms with Gasteiger partial charge in [-0.15, -0.1) is 24.0 Å². The van der Waals surface area contributed by atoms with Crippen molar-refractivity contribution >= 4 is 35.9 Å². The van der Waals surface area contributed by atoms with Crippen LogP contribution >= 0.6 is 24.0 Å². The number of hydrogen-bond donors (Lipinski definition) is 1. The van der Waals surface area contributed by atoms with E-state index in [0.29, 0.717) is 6.61 Å². The van der Waals surface area contributed by atoms with E-state index in [9.17, 15) is 4.79 Å². The second-order valence-corrected chi connectivity index (χ2v) is 7.53. The Morgan fingerprint density at radius 2 is 2.00 bits per heavy atom. The van der Waals surface area contributed by atoms with Crippen LogP contribution in [0.1, 0.15) is 39.2 Å². The predicted octanol–water partition coefficient (Wildman–Crippen LogP) is 3.44. The van der Waals surface area contributed by atoms with Crippen molar-refractivity contribution in [1.29, 1.82) is 0 Å². The molecule has 1 N–H and O–H groups in total. The molecule has 0 radical (unpaired) electrons. The van der Waals surface area contributed by atoms with Crippen molar-refractivity contribution in [3.63, 3.8) is 0 Å². The number of hydrogen-bond acceptors (Lipinski definition) is 4. The van der Waals surface area contributed by atoms with Gasteiger partial charge >= 0.3 is 5.97 Å². The molecule has 0 aliphatic carbocycles. The number of carbonyl (C=O) groups excluding carboxylic acids is 1. The van der Waals surface area contributed by atoms with Gasteiger partial charge in [0.1, 0.15) is 5.75 Å². The number of nitrogens with one attached hydrogen (secondary N) is 1. The van der Waals surface area contributed by atoms with Gasteiger partial charge in [0.25, 0.3) is 0 Å². The molecule has 158 valence electrons. The minimum absolute atomic E-state index is 0. The molecule has 1 aromatic carbocycles. The Kier molecular flexibility index (Phi) is 10.1. The van der Waals surface area contributed by atoms with Crippen LogP contribution < -0.4 is 10.1 Å². The first-order valence-corrected chi connectivity index (χ1v) is 9.68. The lowest BCUT2D eigenvalue weighted by molar-refractivity contribution is -0.149. The molecular formula is C21H34IN3O3. The van der Waals surface area contributed by atoms with Crippen LogP contribution in [0.15, 0.2) is 29.3 Å². The van der Waals surface area contributed by atoms with Crippen LogP contribution in [-0.2, 0) is 14.9 Å². The zero-order valence-corrected chi connectivity index (χ0v) is 20.0. The van der Waals surface area contributed by atoms with Crippen LogP contribution in [-0.4, -0.2) is 57.2 Å². The minimum Gasteiger partial charge on any atom is -0.497 e. The molecule has 1 aliphatic heterocycles. The van der Waals surface area contributed by atoms with E-state index in [4.69, 9.17) is 9.47 Å². The van der Waals surface area contributed by atoms with Gasteiger partial charge < -0.3 is 19.7 Å². The first-order chi connectivity index (χ1) is 12.9. The lowest BCUT2D eigenvalue weighted by atomic mass is 9.84. The van der Waals surface area contributed by atoms with E-state index >= 15 is 0 Å². The molecule has 0 atom stereocenters. The summed E-state index contributed by atoms with van der Waals surface area (Å²) < 4.78 is 10.5. The fourth-order valence-electron chi connectivity index (χ4n) is 3.37. The monoisotopic (exact) mass is 503 g/mol. The van der Waals surface area contributed by atoms with Gasteiger partial charge in [-0.2, -0.15) is 0 Å². The number of likely N-dealkylation sites (tertiary alicyclic amines) is 1. The molecule has 0 saturated carbocycles. The molecule has 1 heterocycles. The molecule has 0 bridgehead atoms. The van der Waals surface area contributed by atoms with Crippen molar-refractivity contribution in [2.75, 3.05) is 40.4 Å². The van der Waals surface area contributed by atoms with Crippen LogP contribution in [0.25, 0.3) is 0 Å². The number of ether oxygens (including phenoxy) is 2. The summed E-state index contributed by atoms with van der Waals surface area (Å²) in [5, 5.41) is 3.50. The maximum Gasteiger partial charge on any atom is 0.309 e. The minimum atomic E-state index is -0.0757. The number of rotatable bonds is 6. The van der Waals surface area contributed by atoms with E-state index < -0.39 is 0 Å². The van der Waals surface area contributed by atoms with Crippen LogP contribution in [0.2, 0.25) is 0 Å². The van der Waals surface area contributed by atoms with Crippen LogP contribution in [0, 0.1) is 5.92 Å². The zero-order valence-electron chi connectivity index (χ0n) is 17.7. The van der Waals surface area contributed by atoms with E-state index in [1.54, 1.807) is 14.2 Å². The van der Waals surface area contributed by atoms with Crippen LogP contribution in [0.5, 0.6) is 5.75 Å². The highest BCUT2D eigenvalue weighted by Gasteiger charge is 2.28. The Morgan fingerprint density at radius 3 is 2.57 bits per heavy atom. The first-order valence-electron chi connectivity index (χ1n) is 9.68. The second kappa shape index (κ2) is 11.5. The Morgan fingerprint density at radius 1 is 1.32 bits per heavy atom. The van der Waals surface area contributed by atoms with Crippen molar-refractivity contribution in [3.8, 4) is 5.75 Å². The average molecular weight is 503 g/mol. The quantitative estimate of drug-likeness (QED) is 0.279. The highest BCUT2D eigenvalue weighted by molar-refractivity contribution is 14.0. The standard InChI is InChI=1S/C21H33N3O3.HI/c1-6-27-19(25)16-10-12-24(13-11-16)20(22-4)23-15-21(2,3)17-8-7-9-18(14-17)26-5;/h7-9,14,16H,6,10-13,15H2,1-5H3,(H,22,23);1H. The lowest BCUT2D eigenvalue weighted by Crippen LogP contribution is -2.49. The van der Waals surface area contributed by atoms with Gasteiger partial charge in [0.05, 0.1) is 19.6 Å². The van der Waals surface area contributed by atoms with E-state index in [2.05, 4.69) is 41.2 Å². The summed E-state index contributed by atoms with van der Waals surface area (Å²) in [4.78, 5) is 18.6. The van der Waals surface area contributed by atoms with E-state index in [1.807, 2.05) is 19.1 Å². The SMILES string of the molecule is CCOC(=O)C1CCN(C(=NC)NCC(C)(C)c2cccc(OC)c2)CC1.I. The molecule has 7 heteroatoms. The Balaban J connectivity index is 0.00000392. The molecular weight excluding hydrogens is 469 g/mol. The molecule has 6 nitrogen and oxygen atoms in total. The fourth-order valence-corrected chi connectivity index (χ4v) is 3.37. The van der Waals surface area contributed by atoms with Gasteiger partial charge in [-0.1, -0.05) is 26.0 Å². The number of nitrogens with zero attached hydrogens (tertiary/aromatic N) is 2. The third-order valence-electron chi connectivity index (χ3n) is 5.17. The van der Waals surface area contributed by atoms with E-state index in [1.165, 1.54) is 5.56 Å². The molecule has 0 aromatic heterocycles. The average Bonchev–Trinajstić information content (AvgIpc) is 2.69. The highest BCUT2D eigenvalue weighted by Crippen LogP contribution is 2.26. The molecule has 0 unspecified atom stereocenters. The second-order valence-electron chi connectivity index (χ2n) is 7.53. The fraction of sp³-hybridized carbons (Fsp3) is 0.619. The van der Waals surface area contributed by atoms with E-state index in [0.717, 1.165) is 44.2 Å². The summed E-state index contributed by atoms with van der Waals surface area (Å²) >= 11 is 0. The van der Waals surface area contributed by atoms with Gasteiger partial charge in [-0.05, 0) is 37.5 Å². The van der Waals surface area contributed by atoms with Gasteiger partial charge in [0.15, 0.2) is 5.96 Å². The number of piperidine rings is 1. The normalized spacial score (nSPS) is 15.6. The summed E-state index contributed by atoms with van der Waals surface area (Å²) in [6.45, 7) is 9.07. The predicted molar refractivity (Wildman–Crippen MR) is 124 cm³/mol. The number of esters is 1. The van der Waals surface area contributed by atoms with Crippen LogP contribution in [0.3, 0.4) is 0 Å². The topological polar surface area (TPSA) is 63.2 Å². The molecule has 28 heavy (non-hydrogen) atoms. The largest absolute Gasteiger partial charge is 0.497 e. The number of halogens is 1. The Hall–Kier alpha value is -1.51. The smallest absolute Gasteiger partial charge is 0.309 e. The summed E-state index contributed by atoms with van der Waals surface area (Å²) in [7, 11) is 3.49. The van der Waals surface area contributed by atoms with Gasteiger partial charge in [-0.25, -0.2) is 0 Å². The van der Waals surface area contributed by atoms with Crippen LogP contribution in [0.4, 0.5) is 0 Å². The van der Waals surface area contributed by atoms with Crippen molar-refractivity contribution in [1.82, 2.24) is 10.2 Å². The van der Waals surface area contributed by atoms with Gasteiger partial charge in [0, 0.05) is 32.1 Å². The molecule has 0 spiro atoms. The van der Waals surface area contributed by atoms with Gasteiger partial charge in [-0.3, -0.25) is 9.79 Å². The maximum absolute atomic E-state index is 11.9. The summed E-state index contributed by atoms with van der Waals surface area (Å²) in [5.74, 6) is 1.69. The van der Waals surface area contributed by atoms with Crippen molar-refractivity contribution in [3.05, 3.63) is 29.8 Å². The Labute approximate surface area is 186 Å². The Bertz CT molecular complexity index is 656. The highest BCUT2D eigenvalue weighted by atomic mass is 127. The molecule has 0 amide bonds. The number of carbonyl (C=O) groups is 1. The number of guanidine groups is 1. The molecule has 1 fully saturated rings. The first kappa shape index (κ1) is 24.5. The summed E-state index contributed by atoms with van der Waals surface area (Å²) in [6, 6.07) is 8.18. The van der Waals surface area contributed by atoms with E-state index in [-0.39, 0.29) is 41.3 Å². The molecule has 2 rings (SSSR count). The molecule has 1 aliphatic rings. The molecule has 1 aromatic rings. The van der Waals surface area contributed by atoms with Crippen molar-refractivity contribution in [2.45, 2.75) is 39.0 Å². The lowest BCUT2D eigenvalue weighted by Gasteiger charge is -2.35. The third kappa shape index (κ3) is 6.53.